The molecule has 15 heavy (non-hydrogen) atoms. The van der Waals surface area contributed by atoms with Gasteiger partial charge in [-0.15, -0.1) is 0 Å². The average Bonchev–Trinajstić information content (AvgIpc) is 2.59. The van der Waals surface area contributed by atoms with E-state index in [2.05, 4.69) is 51.1 Å². The summed E-state index contributed by atoms with van der Waals surface area (Å²) in [5.41, 5.74) is 3.89. The van der Waals surface area contributed by atoms with E-state index in [9.17, 15) is 0 Å². The van der Waals surface area contributed by atoms with E-state index in [1.54, 1.807) is 0 Å². The van der Waals surface area contributed by atoms with Crippen LogP contribution in [0.4, 0.5) is 0 Å². The van der Waals surface area contributed by atoms with Crippen molar-refractivity contribution in [1.82, 2.24) is 9.61 Å². The van der Waals surface area contributed by atoms with Crippen LogP contribution in [0.15, 0.2) is 24.5 Å². The van der Waals surface area contributed by atoms with Crippen molar-refractivity contribution in [3.63, 3.8) is 0 Å². The van der Waals surface area contributed by atoms with Crippen molar-refractivity contribution < 1.29 is 0 Å². The molecule has 0 fully saturated rings. The molecule has 2 aromatic heterocycles. The zero-order valence-corrected chi connectivity index (χ0v) is 9.86. The van der Waals surface area contributed by atoms with Gasteiger partial charge in [-0.25, -0.2) is 4.52 Å². The van der Waals surface area contributed by atoms with Gasteiger partial charge in [0, 0.05) is 11.8 Å². The van der Waals surface area contributed by atoms with Gasteiger partial charge in [0.2, 0.25) is 0 Å². The molecule has 0 aliphatic carbocycles. The van der Waals surface area contributed by atoms with Crippen LogP contribution in [-0.2, 0) is 0 Å². The summed E-state index contributed by atoms with van der Waals surface area (Å²) in [5.74, 6) is 1.09. The van der Waals surface area contributed by atoms with Crippen molar-refractivity contribution in [2.75, 3.05) is 0 Å². The molecule has 0 amide bonds. The number of hydrogen-bond acceptors (Lipinski definition) is 1. The molecule has 2 heterocycles. The number of fused-ring (bicyclic) bond motifs is 1. The Morgan fingerprint density at radius 3 is 2.40 bits per heavy atom. The Morgan fingerprint density at radius 2 is 1.80 bits per heavy atom. The molecular formula is C13H18N2. The molecule has 80 valence electrons. The highest BCUT2D eigenvalue weighted by atomic mass is 15.2. The highest BCUT2D eigenvalue weighted by Gasteiger charge is 2.08. The lowest BCUT2D eigenvalue weighted by Gasteiger charge is -2.06. The van der Waals surface area contributed by atoms with Crippen LogP contribution in [0.5, 0.6) is 0 Å². The predicted octanol–water partition coefficient (Wildman–Crippen LogP) is 3.58. The molecule has 0 spiro atoms. The van der Waals surface area contributed by atoms with Crippen LogP contribution in [0.1, 0.15) is 50.7 Å². The van der Waals surface area contributed by atoms with E-state index < -0.39 is 0 Å². The van der Waals surface area contributed by atoms with Crippen LogP contribution < -0.4 is 0 Å². The van der Waals surface area contributed by atoms with E-state index in [1.807, 2.05) is 10.7 Å². The minimum absolute atomic E-state index is 0.535. The summed E-state index contributed by atoms with van der Waals surface area (Å²) in [7, 11) is 0. The van der Waals surface area contributed by atoms with Crippen molar-refractivity contribution in [2.24, 2.45) is 0 Å². The zero-order chi connectivity index (χ0) is 11.0. The highest BCUT2D eigenvalue weighted by molar-refractivity contribution is 5.55. The first-order chi connectivity index (χ1) is 7.09. The fourth-order valence-electron chi connectivity index (χ4n) is 1.81. The molecule has 0 radical (unpaired) electrons. The Balaban J connectivity index is 2.57. The number of aromatic nitrogens is 2. The van der Waals surface area contributed by atoms with E-state index in [-0.39, 0.29) is 0 Å². The van der Waals surface area contributed by atoms with Crippen LogP contribution in [0.25, 0.3) is 5.52 Å². The van der Waals surface area contributed by atoms with Gasteiger partial charge < -0.3 is 0 Å². The Labute approximate surface area is 90.9 Å². The van der Waals surface area contributed by atoms with Gasteiger partial charge in [-0.05, 0) is 23.5 Å². The molecule has 0 N–H and O–H groups in total. The minimum atomic E-state index is 0.535. The lowest BCUT2D eigenvalue weighted by Crippen LogP contribution is -1.94. The van der Waals surface area contributed by atoms with Crippen molar-refractivity contribution in [2.45, 2.75) is 39.5 Å². The summed E-state index contributed by atoms with van der Waals surface area (Å²) < 4.78 is 1.99. The molecule has 2 heteroatoms. The second kappa shape index (κ2) is 3.69. The van der Waals surface area contributed by atoms with Gasteiger partial charge in [-0.3, -0.25) is 0 Å². The minimum Gasteiger partial charge on any atom is -0.240 e. The molecule has 0 aliphatic rings. The first-order valence-electron chi connectivity index (χ1n) is 5.56. The molecule has 0 aliphatic heterocycles. The maximum Gasteiger partial charge on any atom is 0.0696 e. The largest absolute Gasteiger partial charge is 0.240 e. The summed E-state index contributed by atoms with van der Waals surface area (Å²) in [6.45, 7) is 8.81. The van der Waals surface area contributed by atoms with Gasteiger partial charge in [0.05, 0.1) is 11.7 Å². The van der Waals surface area contributed by atoms with Crippen molar-refractivity contribution in [1.29, 1.82) is 0 Å². The van der Waals surface area contributed by atoms with Gasteiger partial charge >= 0.3 is 0 Å². The summed E-state index contributed by atoms with van der Waals surface area (Å²) in [6.07, 6.45) is 4.11. The fraction of sp³-hybridized carbons (Fsp3) is 0.462. The van der Waals surface area contributed by atoms with Crippen LogP contribution >= 0.6 is 0 Å². The topological polar surface area (TPSA) is 17.3 Å². The molecule has 0 unspecified atom stereocenters. The fourth-order valence-corrected chi connectivity index (χ4v) is 1.81. The first kappa shape index (κ1) is 10.2. The van der Waals surface area contributed by atoms with Crippen molar-refractivity contribution in [3.05, 3.63) is 35.7 Å². The number of hydrogen-bond donors (Lipinski definition) is 0. The molecule has 0 saturated heterocycles. The van der Waals surface area contributed by atoms with Crippen LogP contribution in [0.2, 0.25) is 0 Å². The molecule has 2 rings (SSSR count). The summed E-state index contributed by atoms with van der Waals surface area (Å²) in [4.78, 5) is 0. The van der Waals surface area contributed by atoms with E-state index in [1.165, 1.54) is 16.6 Å². The van der Waals surface area contributed by atoms with Gasteiger partial charge in [0.1, 0.15) is 0 Å². The third kappa shape index (κ3) is 1.76. The van der Waals surface area contributed by atoms with Gasteiger partial charge in [-0.2, -0.15) is 5.10 Å². The molecule has 2 aromatic rings. The van der Waals surface area contributed by atoms with Crippen LogP contribution in [0, 0.1) is 0 Å². The number of nitrogens with zero attached hydrogens (tertiary/aromatic N) is 2. The molecule has 0 aromatic carbocycles. The number of pyridine rings is 1. The first-order valence-corrected chi connectivity index (χ1v) is 5.56. The molecule has 0 atom stereocenters. The second-order valence-electron chi connectivity index (χ2n) is 4.70. The van der Waals surface area contributed by atoms with Gasteiger partial charge in [0.15, 0.2) is 0 Å². The van der Waals surface area contributed by atoms with E-state index in [4.69, 9.17) is 0 Å². The summed E-state index contributed by atoms with van der Waals surface area (Å²) >= 11 is 0. The molecular weight excluding hydrogens is 184 g/mol. The quantitative estimate of drug-likeness (QED) is 0.727. The maximum absolute atomic E-state index is 4.40. The highest BCUT2D eigenvalue weighted by Crippen LogP contribution is 2.22. The smallest absolute Gasteiger partial charge is 0.0696 e. The monoisotopic (exact) mass is 202 g/mol. The third-order valence-corrected chi connectivity index (χ3v) is 2.86. The third-order valence-electron chi connectivity index (χ3n) is 2.86. The Bertz CT molecular complexity index is 466. The van der Waals surface area contributed by atoms with E-state index in [0.717, 1.165) is 0 Å². The normalized spacial score (nSPS) is 11.9. The summed E-state index contributed by atoms with van der Waals surface area (Å²) in [6, 6.07) is 4.38. The number of rotatable bonds is 2. The standard InChI is InChI=1S/C13H18N2/c1-9(2)11-5-6-13-12(10(3)4)7-14-15(13)8-11/h5-10H,1-4H3. The Hall–Kier alpha value is -1.31. The predicted molar refractivity (Wildman–Crippen MR) is 63.4 cm³/mol. The Kier molecular flexibility index (Phi) is 2.51. The van der Waals surface area contributed by atoms with Crippen molar-refractivity contribution in [3.8, 4) is 0 Å². The lowest BCUT2D eigenvalue weighted by molar-refractivity contribution is 0.835. The SMILES string of the molecule is CC(C)c1ccc2c(C(C)C)cnn2c1. The Morgan fingerprint density at radius 1 is 1.07 bits per heavy atom. The van der Waals surface area contributed by atoms with E-state index >= 15 is 0 Å². The van der Waals surface area contributed by atoms with Gasteiger partial charge in [0.25, 0.3) is 0 Å². The maximum atomic E-state index is 4.40. The zero-order valence-electron chi connectivity index (χ0n) is 9.86. The van der Waals surface area contributed by atoms with Crippen LogP contribution in [-0.4, -0.2) is 9.61 Å². The molecule has 2 nitrogen and oxygen atoms in total. The summed E-state index contributed by atoms with van der Waals surface area (Å²) in [5, 5.41) is 4.40. The average molecular weight is 202 g/mol. The lowest BCUT2D eigenvalue weighted by atomic mass is 10.0. The van der Waals surface area contributed by atoms with Gasteiger partial charge in [-0.1, -0.05) is 33.8 Å². The molecule has 0 bridgehead atoms. The van der Waals surface area contributed by atoms with Crippen molar-refractivity contribution >= 4 is 5.52 Å². The molecule has 0 saturated carbocycles. The van der Waals surface area contributed by atoms with E-state index in [0.29, 0.717) is 11.8 Å². The van der Waals surface area contributed by atoms with Crippen LogP contribution in [0.3, 0.4) is 0 Å². The second-order valence-corrected chi connectivity index (χ2v) is 4.70.